The van der Waals surface area contributed by atoms with Crippen LogP contribution in [0.2, 0.25) is 0 Å². The molecule has 1 saturated carbocycles. The van der Waals surface area contributed by atoms with Crippen LogP contribution in [0.4, 0.5) is 11.4 Å². The number of benzene rings is 3. The summed E-state index contributed by atoms with van der Waals surface area (Å²) in [6.07, 6.45) is 6.21. The maximum Gasteiger partial charge on any atom is 0.307 e. The average Bonchev–Trinajstić information content (AvgIpc) is 3.37. The van der Waals surface area contributed by atoms with Crippen LogP contribution in [-0.4, -0.2) is 37.0 Å². The van der Waals surface area contributed by atoms with Gasteiger partial charge in [0.1, 0.15) is 11.3 Å². The Bertz CT molecular complexity index is 1510. The van der Waals surface area contributed by atoms with Gasteiger partial charge in [0.05, 0.1) is 19.1 Å². The number of esters is 1. The summed E-state index contributed by atoms with van der Waals surface area (Å²) in [6.45, 7) is 5.36. The number of nitrogens with zero attached hydrogens (tertiary/aromatic N) is 1. The van der Waals surface area contributed by atoms with E-state index < -0.39 is 0 Å². The highest BCUT2D eigenvalue weighted by Gasteiger charge is 2.30. The molecule has 0 saturated heterocycles. The predicted octanol–water partition coefficient (Wildman–Crippen LogP) is 8.11. The van der Waals surface area contributed by atoms with Gasteiger partial charge in [0.15, 0.2) is 0 Å². The molecule has 3 aromatic carbocycles. The maximum absolute atomic E-state index is 12.9. The second kappa shape index (κ2) is 14.3. The summed E-state index contributed by atoms with van der Waals surface area (Å²) in [5.74, 6) is 1.03. The van der Waals surface area contributed by atoms with Gasteiger partial charge in [-0.2, -0.15) is 0 Å². The Kier molecular flexibility index (Phi) is 10.0. The highest BCUT2D eigenvalue weighted by Crippen LogP contribution is 2.41. The highest BCUT2D eigenvalue weighted by molar-refractivity contribution is 5.94. The van der Waals surface area contributed by atoms with Crippen molar-refractivity contribution in [2.45, 2.75) is 65.0 Å². The zero-order valence-corrected chi connectivity index (χ0v) is 25.5. The van der Waals surface area contributed by atoms with Crippen LogP contribution in [0.3, 0.4) is 0 Å². The van der Waals surface area contributed by atoms with Crippen molar-refractivity contribution in [1.29, 1.82) is 0 Å². The summed E-state index contributed by atoms with van der Waals surface area (Å²) in [7, 11) is 1.71. The lowest BCUT2D eigenvalue weighted by atomic mass is 9.82. The number of hydrogen-bond donors (Lipinski definition) is 2. The molecule has 1 fully saturated rings. The summed E-state index contributed by atoms with van der Waals surface area (Å²) in [5, 5.41) is 8.46. The molecule has 2 N–H and O–H groups in total. The molecule has 1 aliphatic carbocycles. The molecule has 1 aliphatic rings. The molecule has 4 aromatic rings. The summed E-state index contributed by atoms with van der Waals surface area (Å²) in [6, 6.07) is 24.4. The fraction of sp³-hybridized carbons (Fsp3) is 0.389. The van der Waals surface area contributed by atoms with Gasteiger partial charge in [-0.1, -0.05) is 49.6 Å². The Morgan fingerprint density at radius 3 is 2.42 bits per heavy atom. The summed E-state index contributed by atoms with van der Waals surface area (Å²) in [4.78, 5) is 26.2. The van der Waals surface area contributed by atoms with Gasteiger partial charge in [-0.05, 0) is 80.6 Å². The largest absolute Gasteiger partial charge is 0.466 e. The molecule has 226 valence electrons. The number of fused-ring (bicyclic) bond motifs is 1. The van der Waals surface area contributed by atoms with E-state index in [2.05, 4.69) is 60.0 Å². The van der Waals surface area contributed by atoms with E-state index >= 15 is 0 Å². The lowest BCUT2D eigenvalue weighted by molar-refractivity contribution is -0.143. The molecule has 7 nitrogen and oxygen atoms in total. The number of carbonyl (C=O) groups is 2. The number of ether oxygens (including phenoxy) is 1. The number of carbonyl (C=O) groups excluding carboxylic acids is 2. The van der Waals surface area contributed by atoms with Gasteiger partial charge in [0, 0.05) is 48.0 Å². The Morgan fingerprint density at radius 1 is 0.977 bits per heavy atom. The lowest BCUT2D eigenvalue weighted by Crippen LogP contribution is -2.29. The minimum absolute atomic E-state index is 0.0298. The Balaban J connectivity index is 1.32. The van der Waals surface area contributed by atoms with E-state index in [1.807, 2.05) is 30.3 Å². The van der Waals surface area contributed by atoms with Crippen LogP contribution in [0.1, 0.15) is 78.7 Å². The Hall–Kier alpha value is -4.26. The number of aryl methyl sites for hydroxylation is 1. The zero-order chi connectivity index (χ0) is 30.2. The van der Waals surface area contributed by atoms with E-state index in [1.165, 1.54) is 24.8 Å². The SMILES string of the molecule is CCOC(=O)CCN(C)C(=O)c1ccc(NC(c2oc3ccc(NCc4ccccc4)cc3c2C)C2CCCCC2)cc1. The first-order valence-electron chi connectivity index (χ1n) is 15.5. The molecular formula is C36H43N3O4. The van der Waals surface area contributed by atoms with E-state index in [9.17, 15) is 9.59 Å². The van der Waals surface area contributed by atoms with Gasteiger partial charge in [-0.3, -0.25) is 9.59 Å². The average molecular weight is 582 g/mol. The fourth-order valence-electron chi connectivity index (χ4n) is 6.01. The van der Waals surface area contributed by atoms with E-state index in [-0.39, 0.29) is 24.3 Å². The highest BCUT2D eigenvalue weighted by atomic mass is 16.5. The van der Waals surface area contributed by atoms with Gasteiger partial charge in [0.25, 0.3) is 5.91 Å². The zero-order valence-electron chi connectivity index (χ0n) is 25.5. The second-order valence-corrected chi connectivity index (χ2v) is 11.5. The first-order valence-corrected chi connectivity index (χ1v) is 15.5. The third-order valence-corrected chi connectivity index (χ3v) is 8.47. The lowest BCUT2D eigenvalue weighted by Gasteiger charge is -2.31. The third-order valence-electron chi connectivity index (χ3n) is 8.47. The molecule has 5 rings (SSSR count). The number of furan rings is 1. The van der Waals surface area contributed by atoms with Crippen molar-refractivity contribution < 1.29 is 18.7 Å². The molecule has 1 unspecified atom stereocenters. The molecule has 1 heterocycles. The van der Waals surface area contributed by atoms with Crippen LogP contribution in [0, 0.1) is 12.8 Å². The van der Waals surface area contributed by atoms with Crippen molar-refractivity contribution in [3.05, 3.63) is 95.2 Å². The van der Waals surface area contributed by atoms with Crippen LogP contribution in [0.5, 0.6) is 0 Å². The minimum atomic E-state index is -0.295. The van der Waals surface area contributed by atoms with E-state index in [1.54, 1.807) is 18.9 Å². The molecule has 1 atom stereocenters. The summed E-state index contributed by atoms with van der Waals surface area (Å²) in [5.41, 5.74) is 5.91. The summed E-state index contributed by atoms with van der Waals surface area (Å²) >= 11 is 0. The van der Waals surface area contributed by atoms with Crippen molar-refractivity contribution in [3.63, 3.8) is 0 Å². The van der Waals surface area contributed by atoms with Crippen LogP contribution in [0.25, 0.3) is 11.0 Å². The molecule has 0 spiro atoms. The molecule has 1 amide bonds. The normalized spacial score (nSPS) is 14.3. The molecule has 1 aromatic heterocycles. The van der Waals surface area contributed by atoms with Crippen molar-refractivity contribution in [1.82, 2.24) is 4.90 Å². The number of rotatable bonds is 12. The van der Waals surface area contributed by atoms with Crippen molar-refractivity contribution >= 4 is 34.2 Å². The third kappa shape index (κ3) is 7.58. The van der Waals surface area contributed by atoms with Gasteiger partial charge < -0.3 is 24.7 Å². The topological polar surface area (TPSA) is 83.8 Å². The maximum atomic E-state index is 12.9. The second-order valence-electron chi connectivity index (χ2n) is 11.5. The predicted molar refractivity (Wildman–Crippen MR) is 172 cm³/mol. The molecular weight excluding hydrogens is 538 g/mol. The Morgan fingerprint density at radius 2 is 1.70 bits per heavy atom. The monoisotopic (exact) mass is 581 g/mol. The smallest absolute Gasteiger partial charge is 0.307 e. The number of anilines is 2. The van der Waals surface area contributed by atoms with Crippen molar-refractivity contribution in [2.24, 2.45) is 5.92 Å². The van der Waals surface area contributed by atoms with E-state index in [0.29, 0.717) is 24.6 Å². The molecule has 0 radical (unpaired) electrons. The Labute approximate surface area is 254 Å². The van der Waals surface area contributed by atoms with Crippen LogP contribution < -0.4 is 10.6 Å². The summed E-state index contributed by atoms with van der Waals surface area (Å²) < 4.78 is 11.6. The first kappa shape index (κ1) is 30.2. The molecule has 7 heteroatoms. The number of amides is 1. The number of hydrogen-bond acceptors (Lipinski definition) is 6. The van der Waals surface area contributed by atoms with E-state index in [0.717, 1.165) is 53.1 Å². The quantitative estimate of drug-likeness (QED) is 0.164. The first-order chi connectivity index (χ1) is 20.9. The van der Waals surface area contributed by atoms with Gasteiger partial charge >= 0.3 is 5.97 Å². The standard InChI is InChI=1S/C36H43N3O4/c1-4-42-33(40)21-22-39(3)36(41)28-15-17-29(18-16-28)38-34(27-13-9-6-10-14-27)35-25(2)31-23-30(19-20-32(31)43-35)37-24-26-11-7-5-8-12-26/h5,7-8,11-12,15-20,23,27,34,37-38H,4,6,9-10,13-14,21-22,24H2,1-3H3. The van der Waals surface area contributed by atoms with E-state index in [4.69, 9.17) is 9.15 Å². The molecule has 43 heavy (non-hydrogen) atoms. The van der Waals surface area contributed by atoms with Crippen LogP contribution >= 0.6 is 0 Å². The van der Waals surface area contributed by atoms with Gasteiger partial charge in [-0.15, -0.1) is 0 Å². The van der Waals surface area contributed by atoms with Crippen LogP contribution in [-0.2, 0) is 16.1 Å². The van der Waals surface area contributed by atoms with Crippen molar-refractivity contribution in [2.75, 3.05) is 30.8 Å². The number of nitrogens with one attached hydrogen (secondary N) is 2. The fourth-order valence-corrected chi connectivity index (χ4v) is 6.01. The minimum Gasteiger partial charge on any atom is -0.466 e. The molecule has 0 bridgehead atoms. The van der Waals surface area contributed by atoms with Gasteiger partial charge in [0.2, 0.25) is 0 Å². The van der Waals surface area contributed by atoms with Crippen molar-refractivity contribution in [3.8, 4) is 0 Å². The van der Waals surface area contributed by atoms with Gasteiger partial charge in [-0.25, -0.2) is 0 Å². The van der Waals surface area contributed by atoms with Crippen LogP contribution in [0.15, 0.2) is 77.2 Å². The molecule has 0 aliphatic heterocycles.